The van der Waals surface area contributed by atoms with Crippen LogP contribution in [0.1, 0.15) is 41.5 Å². The number of aliphatic imine (C=N–C) groups is 1. The van der Waals surface area contributed by atoms with Crippen molar-refractivity contribution < 1.29 is 8.98 Å². The zero-order valence-corrected chi connectivity index (χ0v) is 27.0. The van der Waals surface area contributed by atoms with Gasteiger partial charge < -0.3 is 8.82 Å². The molecule has 0 spiro atoms. The third kappa shape index (κ3) is 3.58. The van der Waals surface area contributed by atoms with Crippen LogP contribution in [0.5, 0.6) is 0 Å². The lowest BCUT2D eigenvalue weighted by Gasteiger charge is -2.31. The van der Waals surface area contributed by atoms with Gasteiger partial charge in [0.25, 0.3) is 0 Å². The number of hydrogen-bond donors (Lipinski definition) is 0. The first-order valence-electron chi connectivity index (χ1n) is 17.2. The van der Waals surface area contributed by atoms with E-state index in [1.54, 1.807) is 0 Å². The highest BCUT2D eigenvalue weighted by atomic mass is 16.3. The Labute approximate surface area is 282 Å². The van der Waals surface area contributed by atoms with Gasteiger partial charge in [-0.25, -0.2) is 0 Å². The Morgan fingerprint density at radius 3 is 2.53 bits per heavy atom. The maximum atomic E-state index is 6.34. The van der Waals surface area contributed by atoms with Crippen LogP contribution in [0.25, 0.3) is 71.3 Å². The number of hydrogen-bond acceptors (Lipinski definition) is 2. The molecule has 4 nitrogen and oxygen atoms in total. The predicted molar refractivity (Wildman–Crippen MR) is 201 cm³/mol. The van der Waals surface area contributed by atoms with Gasteiger partial charge in [0.2, 0.25) is 5.69 Å². The fourth-order valence-electron chi connectivity index (χ4n) is 9.32. The van der Waals surface area contributed by atoms with Crippen molar-refractivity contribution in [1.82, 2.24) is 4.40 Å². The molecule has 0 N–H and O–H groups in total. The van der Waals surface area contributed by atoms with Crippen LogP contribution < -0.4 is 4.57 Å². The number of pyridine rings is 1. The second kappa shape index (κ2) is 9.77. The summed E-state index contributed by atoms with van der Waals surface area (Å²) in [5.41, 5.74) is 13.8. The number of para-hydroxylation sites is 2. The van der Waals surface area contributed by atoms with Crippen LogP contribution in [0.15, 0.2) is 150 Å². The molecule has 0 bridgehead atoms. The van der Waals surface area contributed by atoms with E-state index in [-0.39, 0.29) is 6.04 Å². The normalized spacial score (nSPS) is 17.8. The van der Waals surface area contributed by atoms with E-state index >= 15 is 0 Å². The Morgan fingerprint density at radius 2 is 1.59 bits per heavy atom. The maximum absolute atomic E-state index is 6.34. The molecule has 9 aromatic rings. The average molecular weight is 631 g/mol. The van der Waals surface area contributed by atoms with Crippen molar-refractivity contribution in [2.45, 2.75) is 31.2 Å². The number of aromatic nitrogens is 2. The lowest BCUT2D eigenvalue weighted by atomic mass is 9.77. The molecule has 11 rings (SSSR count). The quantitative estimate of drug-likeness (QED) is 0.166. The SMILES string of the molecule is C=CC1=NC(=C)CC2C(CCc3cc4c(cc31)c1cccc3c5c6c(ccc5n4c13)oc1ccccc16)c1ccccc1-c1cccc[n+]12. The molecule has 4 aromatic heterocycles. The van der Waals surface area contributed by atoms with Crippen LogP contribution in [0.2, 0.25) is 0 Å². The van der Waals surface area contributed by atoms with Crippen molar-refractivity contribution in [3.8, 4) is 11.3 Å². The molecular formula is C45H32N3O+. The third-order valence-electron chi connectivity index (χ3n) is 11.3. The summed E-state index contributed by atoms with van der Waals surface area (Å²) in [6.07, 6.45) is 6.88. The lowest BCUT2D eigenvalue weighted by molar-refractivity contribution is -0.718. The van der Waals surface area contributed by atoms with E-state index in [4.69, 9.17) is 9.41 Å². The minimum atomic E-state index is 0.230. The van der Waals surface area contributed by atoms with Crippen molar-refractivity contribution in [2.75, 3.05) is 0 Å². The van der Waals surface area contributed by atoms with Gasteiger partial charge in [0.05, 0.1) is 28.7 Å². The van der Waals surface area contributed by atoms with Crippen molar-refractivity contribution >= 4 is 65.7 Å². The zero-order valence-electron chi connectivity index (χ0n) is 27.0. The molecule has 5 aromatic carbocycles. The van der Waals surface area contributed by atoms with Crippen LogP contribution in [0.4, 0.5) is 0 Å². The van der Waals surface area contributed by atoms with Crippen LogP contribution in [-0.4, -0.2) is 10.1 Å². The van der Waals surface area contributed by atoms with E-state index in [1.165, 1.54) is 65.9 Å². The first-order chi connectivity index (χ1) is 24.2. The fourth-order valence-corrected chi connectivity index (χ4v) is 9.32. The Balaban J connectivity index is 1.18. The zero-order chi connectivity index (χ0) is 32.4. The molecule has 0 radical (unpaired) electrons. The molecule has 2 aliphatic rings. The number of allylic oxidation sites excluding steroid dienone is 2. The second-order valence-electron chi connectivity index (χ2n) is 13.8. The minimum absolute atomic E-state index is 0.230. The second-order valence-corrected chi connectivity index (χ2v) is 13.8. The predicted octanol–water partition coefficient (Wildman–Crippen LogP) is 10.9. The van der Waals surface area contributed by atoms with Crippen molar-refractivity contribution in [1.29, 1.82) is 0 Å². The van der Waals surface area contributed by atoms with E-state index < -0.39 is 0 Å². The summed E-state index contributed by atoms with van der Waals surface area (Å²) in [5, 5.41) is 7.35. The molecular weight excluding hydrogens is 599 g/mol. The van der Waals surface area contributed by atoms with Crippen molar-refractivity contribution in [3.05, 3.63) is 157 Å². The van der Waals surface area contributed by atoms with Gasteiger partial charge in [-0.3, -0.25) is 4.99 Å². The monoisotopic (exact) mass is 630 g/mol. The number of rotatable bonds is 1. The molecule has 0 fully saturated rings. The van der Waals surface area contributed by atoms with Crippen molar-refractivity contribution in [3.63, 3.8) is 0 Å². The van der Waals surface area contributed by atoms with Crippen LogP contribution >= 0.6 is 0 Å². The summed E-state index contributed by atoms with van der Waals surface area (Å²) in [5.74, 6) is 0.327. The molecule has 0 aliphatic carbocycles. The third-order valence-corrected chi connectivity index (χ3v) is 11.3. The Kier molecular flexibility index (Phi) is 5.39. The van der Waals surface area contributed by atoms with Gasteiger partial charge in [-0.05, 0) is 72.5 Å². The summed E-state index contributed by atoms with van der Waals surface area (Å²) in [7, 11) is 0. The number of nitrogens with zero attached hydrogens (tertiary/aromatic N) is 3. The molecule has 2 unspecified atom stereocenters. The molecule has 0 amide bonds. The van der Waals surface area contributed by atoms with Gasteiger partial charge in [0.15, 0.2) is 12.2 Å². The fraction of sp³-hybridized carbons (Fsp3) is 0.111. The van der Waals surface area contributed by atoms with Crippen LogP contribution in [0.3, 0.4) is 0 Å². The summed E-state index contributed by atoms with van der Waals surface area (Å²) in [4.78, 5) is 5.21. The Bertz CT molecular complexity index is 2920. The van der Waals surface area contributed by atoms with E-state index in [2.05, 4.69) is 131 Å². The Hall–Kier alpha value is -6.00. The van der Waals surface area contributed by atoms with E-state index in [0.29, 0.717) is 5.92 Å². The van der Waals surface area contributed by atoms with Crippen LogP contribution in [-0.2, 0) is 6.42 Å². The van der Waals surface area contributed by atoms with Gasteiger partial charge >= 0.3 is 0 Å². The standard InChI is InChI=1S/C45H32N3O/c1-3-36-34-25-35-31-14-10-15-33-43-38(20-21-42-44(43)32-13-6-7-17-41(32)49-42)48(45(31)33)40(35)24-27(34)18-19-30-28-11-4-5-12-29(28)37-16-8-9-22-47(37)39(30)23-26(2)46-36/h3-17,20-22,24-25,30,39H,1-2,18-19,23H2/q+1. The smallest absolute Gasteiger partial charge is 0.213 e. The van der Waals surface area contributed by atoms with Gasteiger partial charge in [-0.1, -0.05) is 67.8 Å². The lowest BCUT2D eigenvalue weighted by Crippen LogP contribution is -2.47. The average Bonchev–Trinajstić information content (AvgIpc) is 3.79. The summed E-state index contributed by atoms with van der Waals surface area (Å²) >= 11 is 0. The Morgan fingerprint density at radius 1 is 0.755 bits per heavy atom. The molecule has 232 valence electrons. The molecule has 0 saturated carbocycles. The van der Waals surface area contributed by atoms with E-state index in [0.717, 1.165) is 52.8 Å². The number of aryl methyl sites for hydroxylation is 1. The minimum Gasteiger partial charge on any atom is -0.456 e. The van der Waals surface area contributed by atoms with Crippen LogP contribution in [0, 0.1) is 0 Å². The van der Waals surface area contributed by atoms with Gasteiger partial charge in [0, 0.05) is 67.2 Å². The van der Waals surface area contributed by atoms with Gasteiger partial charge in [0.1, 0.15) is 11.2 Å². The number of furan rings is 1. The molecule has 4 heteroatoms. The number of fused-ring (bicyclic) bond motifs is 17. The maximum Gasteiger partial charge on any atom is 0.213 e. The summed E-state index contributed by atoms with van der Waals surface area (Å²) in [6, 6.07) is 40.0. The molecule has 2 aliphatic heterocycles. The largest absolute Gasteiger partial charge is 0.456 e. The molecule has 6 heterocycles. The highest BCUT2D eigenvalue weighted by molar-refractivity contribution is 6.32. The first-order valence-corrected chi connectivity index (χ1v) is 17.2. The van der Waals surface area contributed by atoms with E-state index in [1.807, 2.05) is 12.1 Å². The summed E-state index contributed by atoms with van der Waals surface area (Å²) < 4.78 is 11.3. The van der Waals surface area contributed by atoms with E-state index in [9.17, 15) is 0 Å². The van der Waals surface area contributed by atoms with Gasteiger partial charge in [-0.2, -0.15) is 4.57 Å². The van der Waals surface area contributed by atoms with Gasteiger partial charge in [-0.15, -0.1) is 0 Å². The summed E-state index contributed by atoms with van der Waals surface area (Å²) in [6.45, 7) is 8.77. The first kappa shape index (κ1) is 27.0. The molecule has 49 heavy (non-hydrogen) atoms. The number of benzene rings is 5. The molecule has 0 saturated heterocycles. The topological polar surface area (TPSA) is 33.8 Å². The van der Waals surface area contributed by atoms with Crippen molar-refractivity contribution in [2.24, 2.45) is 4.99 Å². The highest BCUT2D eigenvalue weighted by Crippen LogP contribution is 2.46. The molecule has 2 atom stereocenters. The highest BCUT2D eigenvalue weighted by Gasteiger charge is 2.40.